The highest BCUT2D eigenvalue weighted by Gasteiger charge is 2.06. The highest BCUT2D eigenvalue weighted by Crippen LogP contribution is 2.22. The summed E-state index contributed by atoms with van der Waals surface area (Å²) < 4.78 is 1.85. The summed E-state index contributed by atoms with van der Waals surface area (Å²) in [7, 11) is 0. The number of hydrogen-bond acceptors (Lipinski definition) is 2. The summed E-state index contributed by atoms with van der Waals surface area (Å²) in [6.07, 6.45) is 0. The van der Waals surface area contributed by atoms with E-state index in [9.17, 15) is 4.79 Å². The zero-order valence-corrected chi connectivity index (χ0v) is 14.1. The lowest BCUT2D eigenvalue weighted by atomic mass is 10.2. The predicted octanol–water partition coefficient (Wildman–Crippen LogP) is 4.57. The molecular formula is C15H14Br2N2O. The Labute approximate surface area is 135 Å². The molecule has 5 heteroatoms. The number of anilines is 2. The van der Waals surface area contributed by atoms with Crippen molar-refractivity contribution >= 4 is 49.1 Å². The van der Waals surface area contributed by atoms with Crippen LogP contribution in [0.15, 0.2) is 51.4 Å². The van der Waals surface area contributed by atoms with Crippen molar-refractivity contribution in [2.45, 2.75) is 6.92 Å². The Morgan fingerprint density at radius 3 is 2.60 bits per heavy atom. The minimum atomic E-state index is -0.0868. The van der Waals surface area contributed by atoms with E-state index < -0.39 is 0 Å². The topological polar surface area (TPSA) is 41.1 Å². The Morgan fingerprint density at radius 1 is 1.10 bits per heavy atom. The van der Waals surface area contributed by atoms with Crippen LogP contribution in [-0.4, -0.2) is 12.5 Å². The molecule has 2 aromatic carbocycles. The number of hydrogen-bond donors (Lipinski definition) is 2. The van der Waals surface area contributed by atoms with Gasteiger partial charge in [0.2, 0.25) is 5.91 Å². The average Bonchev–Trinajstić information content (AvgIpc) is 2.42. The number of nitrogens with one attached hydrogen (secondary N) is 2. The lowest BCUT2D eigenvalue weighted by molar-refractivity contribution is -0.114. The summed E-state index contributed by atoms with van der Waals surface area (Å²) in [6.45, 7) is 2.22. The Bertz CT molecular complexity index is 629. The molecule has 0 radical (unpaired) electrons. The van der Waals surface area contributed by atoms with Crippen LogP contribution >= 0.6 is 31.9 Å². The Morgan fingerprint density at radius 2 is 1.85 bits per heavy atom. The fraction of sp³-hybridized carbons (Fsp3) is 0.133. The summed E-state index contributed by atoms with van der Waals surface area (Å²) in [5.41, 5.74) is 2.81. The lowest BCUT2D eigenvalue weighted by Crippen LogP contribution is -2.22. The van der Waals surface area contributed by atoms with Crippen molar-refractivity contribution < 1.29 is 4.79 Å². The largest absolute Gasteiger partial charge is 0.376 e. The maximum absolute atomic E-state index is 11.9. The van der Waals surface area contributed by atoms with E-state index in [2.05, 4.69) is 42.5 Å². The number of carbonyl (C=O) groups is 1. The average molecular weight is 398 g/mol. The van der Waals surface area contributed by atoms with Gasteiger partial charge in [0.05, 0.1) is 12.2 Å². The molecule has 2 aromatic rings. The molecule has 0 spiro atoms. The van der Waals surface area contributed by atoms with Crippen molar-refractivity contribution in [2.75, 3.05) is 17.2 Å². The van der Waals surface area contributed by atoms with Crippen molar-refractivity contribution in [3.63, 3.8) is 0 Å². The van der Waals surface area contributed by atoms with Crippen LogP contribution in [0.5, 0.6) is 0 Å². The van der Waals surface area contributed by atoms with E-state index in [0.717, 1.165) is 25.9 Å². The van der Waals surface area contributed by atoms with E-state index in [0.29, 0.717) is 0 Å². The van der Waals surface area contributed by atoms with Gasteiger partial charge < -0.3 is 10.6 Å². The highest BCUT2D eigenvalue weighted by atomic mass is 79.9. The van der Waals surface area contributed by atoms with E-state index in [-0.39, 0.29) is 12.5 Å². The Kier molecular flexibility index (Phi) is 5.20. The van der Waals surface area contributed by atoms with Gasteiger partial charge in [0, 0.05) is 14.6 Å². The zero-order valence-electron chi connectivity index (χ0n) is 10.9. The molecule has 3 nitrogen and oxygen atoms in total. The molecule has 0 heterocycles. The van der Waals surface area contributed by atoms with E-state index in [1.807, 2.05) is 49.4 Å². The molecule has 20 heavy (non-hydrogen) atoms. The fourth-order valence-corrected chi connectivity index (χ4v) is 2.46. The van der Waals surface area contributed by atoms with Gasteiger partial charge in [-0.05, 0) is 52.7 Å². The third kappa shape index (κ3) is 4.08. The van der Waals surface area contributed by atoms with Gasteiger partial charge in [-0.1, -0.05) is 34.1 Å². The van der Waals surface area contributed by atoms with Gasteiger partial charge in [-0.3, -0.25) is 4.79 Å². The molecule has 0 aliphatic rings. The van der Waals surface area contributed by atoms with Crippen molar-refractivity contribution in [2.24, 2.45) is 0 Å². The van der Waals surface area contributed by atoms with Crippen molar-refractivity contribution in [3.8, 4) is 0 Å². The predicted molar refractivity (Wildman–Crippen MR) is 90.1 cm³/mol. The molecule has 0 saturated heterocycles. The van der Waals surface area contributed by atoms with Gasteiger partial charge >= 0.3 is 0 Å². The molecule has 1 amide bonds. The van der Waals surface area contributed by atoms with Crippen molar-refractivity contribution in [3.05, 3.63) is 57.0 Å². The van der Waals surface area contributed by atoms with E-state index in [4.69, 9.17) is 0 Å². The number of amides is 1. The molecule has 0 aromatic heterocycles. The van der Waals surface area contributed by atoms with E-state index in [1.165, 1.54) is 0 Å². The normalized spacial score (nSPS) is 10.2. The fourth-order valence-electron chi connectivity index (χ4n) is 1.72. The number of halogens is 2. The van der Waals surface area contributed by atoms with Crippen LogP contribution < -0.4 is 10.6 Å². The summed E-state index contributed by atoms with van der Waals surface area (Å²) in [6, 6.07) is 13.5. The first-order chi connectivity index (χ1) is 9.56. The van der Waals surface area contributed by atoms with Gasteiger partial charge in [0.1, 0.15) is 0 Å². The van der Waals surface area contributed by atoms with Gasteiger partial charge in [-0.15, -0.1) is 0 Å². The summed E-state index contributed by atoms with van der Waals surface area (Å²) in [5.74, 6) is -0.0868. The minimum absolute atomic E-state index is 0.0868. The number of aryl methyl sites for hydroxylation is 1. The maximum atomic E-state index is 11.9. The van der Waals surface area contributed by atoms with E-state index >= 15 is 0 Å². The third-order valence-electron chi connectivity index (χ3n) is 2.79. The number of rotatable bonds is 4. The number of para-hydroxylation sites is 1. The molecule has 0 aliphatic heterocycles. The Balaban J connectivity index is 1.96. The van der Waals surface area contributed by atoms with Gasteiger partial charge in [0.25, 0.3) is 0 Å². The molecule has 0 atom stereocenters. The first-order valence-electron chi connectivity index (χ1n) is 6.10. The van der Waals surface area contributed by atoms with E-state index in [1.54, 1.807) is 0 Å². The second kappa shape index (κ2) is 6.90. The van der Waals surface area contributed by atoms with Crippen molar-refractivity contribution in [1.29, 1.82) is 0 Å². The maximum Gasteiger partial charge on any atom is 0.243 e. The SMILES string of the molecule is Cc1ccc(Br)cc1NCC(=O)Nc1ccccc1Br. The van der Waals surface area contributed by atoms with Crippen LogP contribution in [0, 0.1) is 6.92 Å². The summed E-state index contributed by atoms with van der Waals surface area (Å²) in [5, 5.41) is 5.99. The smallest absolute Gasteiger partial charge is 0.243 e. The number of benzene rings is 2. The second-order valence-electron chi connectivity index (χ2n) is 4.34. The highest BCUT2D eigenvalue weighted by molar-refractivity contribution is 9.10. The second-order valence-corrected chi connectivity index (χ2v) is 6.11. The molecule has 0 bridgehead atoms. The molecule has 0 aliphatic carbocycles. The van der Waals surface area contributed by atoms with Gasteiger partial charge in [-0.25, -0.2) is 0 Å². The van der Waals surface area contributed by atoms with Crippen LogP contribution in [0.3, 0.4) is 0 Å². The standard InChI is InChI=1S/C15H14Br2N2O/c1-10-6-7-11(16)8-14(10)18-9-15(20)19-13-5-3-2-4-12(13)17/h2-8,18H,9H2,1H3,(H,19,20). The molecule has 0 unspecified atom stereocenters. The first kappa shape index (κ1) is 15.1. The summed E-state index contributed by atoms with van der Waals surface area (Å²) >= 11 is 6.82. The van der Waals surface area contributed by atoms with Crippen LogP contribution in [-0.2, 0) is 4.79 Å². The monoisotopic (exact) mass is 396 g/mol. The molecule has 104 valence electrons. The molecule has 2 N–H and O–H groups in total. The van der Waals surface area contributed by atoms with Crippen LogP contribution in [0.2, 0.25) is 0 Å². The third-order valence-corrected chi connectivity index (χ3v) is 3.97. The zero-order chi connectivity index (χ0) is 14.5. The van der Waals surface area contributed by atoms with Gasteiger partial charge in [-0.2, -0.15) is 0 Å². The molecule has 2 rings (SSSR count). The van der Waals surface area contributed by atoms with Crippen LogP contribution in [0.4, 0.5) is 11.4 Å². The summed E-state index contributed by atoms with van der Waals surface area (Å²) in [4.78, 5) is 11.9. The number of carbonyl (C=O) groups excluding carboxylic acids is 1. The first-order valence-corrected chi connectivity index (χ1v) is 7.69. The van der Waals surface area contributed by atoms with Crippen LogP contribution in [0.1, 0.15) is 5.56 Å². The van der Waals surface area contributed by atoms with Crippen LogP contribution in [0.25, 0.3) is 0 Å². The minimum Gasteiger partial charge on any atom is -0.376 e. The quantitative estimate of drug-likeness (QED) is 0.793. The molecule has 0 fully saturated rings. The Hall–Kier alpha value is -1.33. The molecule has 0 saturated carbocycles. The van der Waals surface area contributed by atoms with Gasteiger partial charge in [0.15, 0.2) is 0 Å². The van der Waals surface area contributed by atoms with Crippen molar-refractivity contribution in [1.82, 2.24) is 0 Å². The molecular weight excluding hydrogens is 384 g/mol. The lowest BCUT2D eigenvalue weighted by Gasteiger charge is -2.11.